The summed E-state index contributed by atoms with van der Waals surface area (Å²) in [5.41, 5.74) is -0.197. The maximum Gasteiger partial charge on any atom is 0.356 e. The normalized spacial score (nSPS) is 23.2. The van der Waals surface area contributed by atoms with Gasteiger partial charge in [-0.25, -0.2) is 9.80 Å². The van der Waals surface area contributed by atoms with Crippen molar-refractivity contribution in [3.8, 4) is 0 Å². The molecule has 0 saturated carbocycles. The number of β-lactam (4-membered cyclic amide) rings is 1. The minimum atomic E-state index is -1.25. The zero-order valence-corrected chi connectivity index (χ0v) is 12.9. The maximum absolute atomic E-state index is 12.5. The zero-order chi connectivity index (χ0) is 16.7. The number of nitrogens with zero attached hydrogens (tertiary/aromatic N) is 6. The van der Waals surface area contributed by atoms with Crippen molar-refractivity contribution < 1.29 is 24.2 Å². The van der Waals surface area contributed by atoms with Gasteiger partial charge in [-0.05, 0) is 10.4 Å². The molecule has 2 aliphatic heterocycles. The van der Waals surface area contributed by atoms with Crippen LogP contribution in [0.3, 0.4) is 0 Å². The van der Waals surface area contributed by atoms with Crippen molar-refractivity contribution in [2.45, 2.75) is 18.3 Å². The van der Waals surface area contributed by atoms with Gasteiger partial charge in [0.05, 0.1) is 12.9 Å². The highest BCUT2D eigenvalue weighted by atomic mass is 32.2. The summed E-state index contributed by atoms with van der Waals surface area (Å²) in [4.78, 5) is 38.0. The first-order valence-corrected chi connectivity index (χ1v) is 7.50. The molecule has 12 heteroatoms. The monoisotopic (exact) mass is 340 g/mol. The van der Waals surface area contributed by atoms with Gasteiger partial charge < -0.3 is 9.84 Å². The summed E-state index contributed by atoms with van der Waals surface area (Å²) in [6, 6.07) is -0.881. The highest BCUT2D eigenvalue weighted by molar-refractivity contribution is 8.00. The summed E-state index contributed by atoms with van der Waals surface area (Å²) in [7, 11) is 1.35. The molecule has 0 aromatic carbocycles. The minimum Gasteiger partial charge on any atom is -0.498 e. The summed E-state index contributed by atoms with van der Waals surface area (Å²) in [6.07, 6.45) is 1.19. The number of carbonyl (C=O) groups excluding carboxylic acids is 2. The average Bonchev–Trinajstić information content (AvgIpc) is 3.03. The number of carbonyl (C=O) groups is 3. The lowest BCUT2D eigenvalue weighted by Crippen LogP contribution is -2.73. The molecular formula is C11H12N6O5S. The number of aliphatic carboxylic acids is 1. The van der Waals surface area contributed by atoms with Gasteiger partial charge >= 0.3 is 5.97 Å². The number of methoxy groups -OCH3 is 1. The topological polar surface area (TPSA) is 131 Å². The summed E-state index contributed by atoms with van der Waals surface area (Å²) in [6.45, 7) is 1.28. The van der Waals surface area contributed by atoms with Crippen LogP contribution < -0.4 is 5.01 Å². The molecule has 1 aromatic heterocycles. The van der Waals surface area contributed by atoms with Crippen LogP contribution in [0.1, 0.15) is 6.92 Å². The van der Waals surface area contributed by atoms with E-state index >= 15 is 0 Å². The molecule has 3 rings (SSSR count). The molecule has 122 valence electrons. The molecule has 3 heterocycles. The number of thioether (sulfide) groups is 1. The Morgan fingerprint density at radius 2 is 2.26 bits per heavy atom. The first-order valence-electron chi connectivity index (χ1n) is 6.45. The number of hydrogen-bond donors (Lipinski definition) is 1. The van der Waals surface area contributed by atoms with E-state index in [1.807, 2.05) is 0 Å². The van der Waals surface area contributed by atoms with Crippen molar-refractivity contribution in [2.75, 3.05) is 17.9 Å². The third kappa shape index (κ3) is 2.21. The van der Waals surface area contributed by atoms with Gasteiger partial charge in [0.15, 0.2) is 18.1 Å². The van der Waals surface area contributed by atoms with Gasteiger partial charge in [0, 0.05) is 6.92 Å². The fourth-order valence-electron chi connectivity index (χ4n) is 2.54. The Kier molecular flexibility index (Phi) is 3.67. The lowest BCUT2D eigenvalue weighted by Gasteiger charge is -2.51. The van der Waals surface area contributed by atoms with Crippen LogP contribution in [0.2, 0.25) is 0 Å². The van der Waals surface area contributed by atoms with E-state index in [4.69, 9.17) is 4.74 Å². The van der Waals surface area contributed by atoms with Crippen LogP contribution >= 0.6 is 11.8 Å². The van der Waals surface area contributed by atoms with Crippen LogP contribution in [0.5, 0.6) is 0 Å². The molecule has 23 heavy (non-hydrogen) atoms. The molecule has 0 bridgehead atoms. The van der Waals surface area contributed by atoms with E-state index in [1.54, 1.807) is 0 Å². The maximum atomic E-state index is 12.5. The Morgan fingerprint density at radius 3 is 2.78 bits per heavy atom. The smallest absolute Gasteiger partial charge is 0.356 e. The Labute approximate surface area is 133 Å². The van der Waals surface area contributed by atoms with Crippen LogP contribution in [-0.4, -0.2) is 72.4 Å². The van der Waals surface area contributed by atoms with Gasteiger partial charge in [-0.15, -0.1) is 21.7 Å². The number of rotatable bonds is 4. The van der Waals surface area contributed by atoms with E-state index < -0.39 is 29.2 Å². The minimum absolute atomic E-state index is 0.197. The molecule has 2 amide bonds. The summed E-state index contributed by atoms with van der Waals surface area (Å²) >= 11 is 1.30. The first-order chi connectivity index (χ1) is 11.0. The largest absolute Gasteiger partial charge is 0.498 e. The summed E-state index contributed by atoms with van der Waals surface area (Å²) in [5.74, 6) is -1.73. The number of amides is 2. The molecule has 0 aliphatic carbocycles. The molecule has 2 aliphatic rings. The second-order valence-electron chi connectivity index (χ2n) is 4.73. The van der Waals surface area contributed by atoms with Crippen molar-refractivity contribution in [3.63, 3.8) is 0 Å². The molecule has 1 N–H and O–H groups in total. The molecule has 1 fully saturated rings. The average molecular weight is 340 g/mol. The summed E-state index contributed by atoms with van der Waals surface area (Å²) < 4.78 is 5.05. The highest BCUT2D eigenvalue weighted by Crippen LogP contribution is 2.42. The van der Waals surface area contributed by atoms with E-state index in [0.29, 0.717) is 0 Å². The molecule has 0 radical (unpaired) electrons. The predicted octanol–water partition coefficient (Wildman–Crippen LogP) is -1.62. The number of ether oxygens (including phenoxy) is 1. The fraction of sp³-hybridized carbons (Fsp3) is 0.455. The number of hydrogen-bond acceptors (Lipinski definition) is 8. The van der Waals surface area contributed by atoms with Crippen LogP contribution in [0.15, 0.2) is 17.8 Å². The lowest BCUT2D eigenvalue weighted by atomic mass is 10.0. The molecule has 0 unspecified atom stereocenters. The first kappa shape index (κ1) is 15.3. The molecule has 1 aromatic rings. The second kappa shape index (κ2) is 5.53. The molecule has 0 spiro atoms. The second-order valence-corrected chi connectivity index (χ2v) is 5.83. The predicted molar refractivity (Wildman–Crippen MR) is 75.3 cm³/mol. The van der Waals surface area contributed by atoms with Crippen molar-refractivity contribution in [2.24, 2.45) is 0 Å². The van der Waals surface area contributed by atoms with Crippen molar-refractivity contribution in [1.82, 2.24) is 25.2 Å². The third-order valence-corrected chi connectivity index (χ3v) is 4.74. The zero-order valence-electron chi connectivity index (χ0n) is 12.1. The molecule has 1 saturated heterocycles. The lowest BCUT2D eigenvalue weighted by molar-refractivity contribution is -0.150. The fourth-order valence-corrected chi connectivity index (χ4v) is 3.89. The van der Waals surface area contributed by atoms with Crippen LogP contribution in [0.4, 0.5) is 0 Å². The number of fused-ring (bicyclic) bond motifs is 1. The van der Waals surface area contributed by atoms with Crippen molar-refractivity contribution in [3.05, 3.63) is 17.8 Å². The van der Waals surface area contributed by atoms with Gasteiger partial charge in [-0.1, -0.05) is 0 Å². The van der Waals surface area contributed by atoms with Gasteiger partial charge in [0.2, 0.25) is 5.91 Å². The Bertz CT molecular complexity index is 704. The van der Waals surface area contributed by atoms with Crippen LogP contribution in [0.25, 0.3) is 0 Å². The van der Waals surface area contributed by atoms with Gasteiger partial charge in [0.25, 0.3) is 5.91 Å². The Morgan fingerprint density at radius 1 is 1.52 bits per heavy atom. The quantitative estimate of drug-likeness (QED) is 0.643. The molecule has 2 atom stereocenters. The van der Waals surface area contributed by atoms with Gasteiger partial charge in [-0.3, -0.25) is 14.5 Å². The number of tetrazole rings is 1. The van der Waals surface area contributed by atoms with Gasteiger partial charge in [0.1, 0.15) is 11.1 Å². The van der Waals surface area contributed by atoms with Crippen LogP contribution in [-0.2, 0) is 19.1 Å². The van der Waals surface area contributed by atoms with E-state index in [9.17, 15) is 19.5 Å². The number of carboxylic acid groups (broad SMARTS) is 1. The van der Waals surface area contributed by atoms with Gasteiger partial charge in [-0.2, -0.15) is 0 Å². The summed E-state index contributed by atoms with van der Waals surface area (Å²) in [5, 5.41) is 20.4. The number of aromatic nitrogens is 4. The Balaban J connectivity index is 1.95. The Hall–Kier alpha value is -2.63. The van der Waals surface area contributed by atoms with Crippen LogP contribution in [0, 0.1) is 0 Å². The van der Waals surface area contributed by atoms with Crippen molar-refractivity contribution >= 4 is 29.5 Å². The SMILES string of the molecule is COC1=C(C(=O)O)N2C(=O)[C@@H](N(C(C)=O)n3cnnn3)[C@H]2SC1. The van der Waals surface area contributed by atoms with E-state index in [0.717, 1.165) is 14.7 Å². The number of carboxylic acids is 1. The third-order valence-electron chi connectivity index (χ3n) is 3.50. The molecule has 11 nitrogen and oxygen atoms in total. The van der Waals surface area contributed by atoms with E-state index in [-0.39, 0.29) is 17.2 Å². The highest BCUT2D eigenvalue weighted by Gasteiger charge is 2.58. The molecular weight excluding hydrogens is 328 g/mol. The van der Waals surface area contributed by atoms with Crippen molar-refractivity contribution in [1.29, 1.82) is 0 Å². The van der Waals surface area contributed by atoms with E-state index in [2.05, 4.69) is 15.5 Å². The standard InChI is InChI=1S/C11H12N6O5S/c1-5(18)17(15-4-12-13-14-15)8-9(19)16-7(11(20)21)6(22-2)3-23-10(8)16/h4,8,10H,3H2,1-2H3,(H,20,21)/t8-,10-/m1/s1. The van der Waals surface area contributed by atoms with E-state index in [1.165, 1.54) is 32.1 Å².